The van der Waals surface area contributed by atoms with Crippen molar-refractivity contribution >= 4 is 11.0 Å². The molecule has 0 bridgehead atoms. The summed E-state index contributed by atoms with van der Waals surface area (Å²) in [6, 6.07) is 6.60. The molecule has 3 aliphatic heterocycles. The second-order valence-corrected chi connectivity index (χ2v) is 12.1. The third kappa shape index (κ3) is 5.93. The first-order valence-corrected chi connectivity index (χ1v) is 15.2. The number of aliphatic hydroxyl groups excluding tert-OH is 10. The number of benzene rings is 2. The fourth-order valence-electron chi connectivity index (χ4n) is 6.36. The monoisotopic (exact) mass is 696 g/mol. The Morgan fingerprint density at radius 3 is 1.67 bits per heavy atom. The molecule has 2 aromatic carbocycles. The Labute approximate surface area is 275 Å². The summed E-state index contributed by atoms with van der Waals surface area (Å²) >= 11 is 0. The van der Waals surface area contributed by atoms with E-state index in [0.717, 1.165) is 6.07 Å². The third-order valence-corrected chi connectivity index (χ3v) is 9.09. The van der Waals surface area contributed by atoms with Gasteiger partial charge >= 0.3 is 0 Å². The molecule has 0 spiro atoms. The summed E-state index contributed by atoms with van der Waals surface area (Å²) in [5.41, 5.74) is -2.46. The Bertz CT molecular complexity index is 1710. The number of rotatable bonds is 8. The minimum Gasteiger partial charge on any atom is -0.507 e. The van der Waals surface area contributed by atoms with E-state index in [4.69, 9.17) is 23.4 Å². The van der Waals surface area contributed by atoms with E-state index in [9.17, 15) is 66.1 Å². The van der Waals surface area contributed by atoms with E-state index in [-0.39, 0.29) is 17.1 Å². The van der Waals surface area contributed by atoms with Gasteiger partial charge in [0, 0.05) is 11.6 Å². The van der Waals surface area contributed by atoms with Gasteiger partial charge in [0.05, 0.1) is 30.9 Å². The van der Waals surface area contributed by atoms with Gasteiger partial charge in [0.25, 0.3) is 0 Å². The van der Waals surface area contributed by atoms with E-state index >= 15 is 0 Å². The van der Waals surface area contributed by atoms with Crippen molar-refractivity contribution in [1.29, 1.82) is 0 Å². The highest BCUT2D eigenvalue weighted by Crippen LogP contribution is 2.51. The van der Waals surface area contributed by atoms with Gasteiger partial charge in [-0.2, -0.15) is 0 Å². The molecule has 13 atom stereocenters. The maximum Gasteiger partial charge on any atom is 0.229 e. The van der Waals surface area contributed by atoms with E-state index in [1.807, 2.05) is 0 Å². The van der Waals surface area contributed by atoms with Gasteiger partial charge in [-0.05, 0) is 24.3 Å². The van der Waals surface area contributed by atoms with E-state index in [2.05, 4.69) is 0 Å². The van der Waals surface area contributed by atoms with Gasteiger partial charge in [0.15, 0.2) is 11.0 Å². The Kier molecular flexibility index (Phi) is 9.87. The summed E-state index contributed by atoms with van der Waals surface area (Å²) in [6.45, 7) is -2.18. The fourth-order valence-corrected chi connectivity index (χ4v) is 6.36. The smallest absolute Gasteiger partial charge is 0.229 e. The second-order valence-electron chi connectivity index (χ2n) is 12.1. The number of phenolic OH excluding ortho intramolecular Hbond substituents is 2. The maximum atomic E-state index is 13.7. The molecule has 3 saturated heterocycles. The van der Waals surface area contributed by atoms with Crippen molar-refractivity contribution in [2.45, 2.75) is 79.5 Å². The predicted octanol–water partition coefficient (Wildman–Crippen LogP) is -3.64. The summed E-state index contributed by atoms with van der Waals surface area (Å²) in [5, 5.41) is 124. The molecule has 3 aromatic rings. The topological polar surface area (TPSA) is 310 Å². The van der Waals surface area contributed by atoms with Crippen LogP contribution in [0.15, 0.2) is 39.5 Å². The van der Waals surface area contributed by atoms with Gasteiger partial charge in [0.2, 0.25) is 6.29 Å². The van der Waals surface area contributed by atoms with Crippen molar-refractivity contribution < 1.29 is 84.6 Å². The van der Waals surface area contributed by atoms with E-state index in [1.54, 1.807) is 0 Å². The van der Waals surface area contributed by atoms with E-state index in [1.165, 1.54) is 24.3 Å². The van der Waals surface area contributed by atoms with Crippen LogP contribution in [0.25, 0.3) is 22.3 Å². The Hall–Kier alpha value is -3.47. The lowest BCUT2D eigenvalue weighted by Crippen LogP contribution is -2.55. The molecular formula is C31H36O18. The summed E-state index contributed by atoms with van der Waals surface area (Å²) in [4.78, 5) is 13.7. The van der Waals surface area contributed by atoms with Crippen LogP contribution in [0.1, 0.15) is 23.3 Å². The van der Waals surface area contributed by atoms with Gasteiger partial charge < -0.3 is 84.6 Å². The molecule has 18 nitrogen and oxygen atoms in total. The molecular weight excluding hydrogens is 660 g/mol. The van der Waals surface area contributed by atoms with Crippen LogP contribution in [0.2, 0.25) is 0 Å². The molecule has 0 saturated carbocycles. The molecule has 3 aliphatic rings. The zero-order valence-electron chi connectivity index (χ0n) is 25.3. The van der Waals surface area contributed by atoms with Crippen molar-refractivity contribution in [3.05, 3.63) is 51.7 Å². The van der Waals surface area contributed by atoms with E-state index < -0.39 is 138 Å². The SMILES string of the molecule is O=c1cc(-c2ccc(O[C@@H]3O[C@H](CO)[C@@H](O)[C@@H]3O)cc2)oc2c(C3O[C@H](CO)[C@@H](O)[C@H](O)[C@H]3O)c(O)c(C3O[C@H](CO)[C@@H](O)[C@@H]3O)c(O)c12. The third-order valence-electron chi connectivity index (χ3n) is 9.09. The van der Waals surface area contributed by atoms with Crippen LogP contribution in [-0.2, 0) is 14.2 Å². The average Bonchev–Trinajstić information content (AvgIpc) is 3.53. The molecule has 18 heteroatoms. The summed E-state index contributed by atoms with van der Waals surface area (Å²) < 4.78 is 28.1. The zero-order chi connectivity index (χ0) is 35.5. The van der Waals surface area contributed by atoms with Crippen LogP contribution in [-0.4, -0.2) is 148 Å². The highest BCUT2D eigenvalue weighted by Gasteiger charge is 2.50. The number of ether oxygens (including phenoxy) is 4. The number of hydrogen-bond donors (Lipinski definition) is 12. The summed E-state index contributed by atoms with van der Waals surface area (Å²) in [6.07, 6.45) is -20.9. The standard InChI is InChI=1S/C31H36O18/c32-6-13-19(36)24(41)26(43)30(48-13)18-23(40)17(29-25(42)20(37)14(7-33)47-29)22(39)16-11(35)5-12(46-28(16)18)9-1-3-10(4-2-9)45-31-27(44)21(38)15(8-34)49-31/h1-5,13-15,19-21,24-27,29-34,36-44H,6-8H2/t13-,14-,15-,19-,20-,21-,24+,25+,26-,27+,29?,30?,31-/m1/s1. The normalized spacial score (nSPS) is 36.4. The van der Waals surface area contributed by atoms with Gasteiger partial charge in [0.1, 0.15) is 102 Å². The number of fused-ring (bicyclic) bond motifs is 1. The molecule has 49 heavy (non-hydrogen) atoms. The van der Waals surface area contributed by atoms with Crippen LogP contribution in [0.3, 0.4) is 0 Å². The Morgan fingerprint density at radius 1 is 0.612 bits per heavy atom. The number of aliphatic hydroxyl groups is 10. The molecule has 2 unspecified atom stereocenters. The lowest BCUT2D eigenvalue weighted by atomic mass is 9.87. The molecule has 0 radical (unpaired) electrons. The lowest BCUT2D eigenvalue weighted by Gasteiger charge is -2.40. The highest BCUT2D eigenvalue weighted by molar-refractivity contribution is 5.92. The minimum absolute atomic E-state index is 0.141. The van der Waals surface area contributed by atoms with Crippen LogP contribution in [0.5, 0.6) is 17.2 Å². The summed E-state index contributed by atoms with van der Waals surface area (Å²) in [7, 11) is 0. The van der Waals surface area contributed by atoms with Crippen molar-refractivity contribution in [1.82, 2.24) is 0 Å². The molecule has 12 N–H and O–H groups in total. The largest absolute Gasteiger partial charge is 0.507 e. The lowest BCUT2D eigenvalue weighted by molar-refractivity contribution is -0.231. The molecule has 3 fully saturated rings. The maximum absolute atomic E-state index is 13.7. The van der Waals surface area contributed by atoms with Crippen molar-refractivity contribution in [3.63, 3.8) is 0 Å². The Morgan fingerprint density at radius 2 is 1.12 bits per heavy atom. The zero-order valence-corrected chi connectivity index (χ0v) is 25.3. The van der Waals surface area contributed by atoms with Gasteiger partial charge in [-0.1, -0.05) is 0 Å². The molecule has 0 aliphatic carbocycles. The Balaban J connectivity index is 1.47. The first-order valence-electron chi connectivity index (χ1n) is 15.2. The molecule has 268 valence electrons. The van der Waals surface area contributed by atoms with Crippen LogP contribution in [0.4, 0.5) is 0 Å². The van der Waals surface area contributed by atoms with E-state index in [0.29, 0.717) is 0 Å². The van der Waals surface area contributed by atoms with Crippen molar-refractivity contribution in [2.24, 2.45) is 0 Å². The number of hydrogen-bond acceptors (Lipinski definition) is 18. The second kappa shape index (κ2) is 13.7. The first kappa shape index (κ1) is 35.4. The molecule has 0 amide bonds. The number of phenols is 2. The highest BCUT2D eigenvalue weighted by atomic mass is 16.7. The average molecular weight is 697 g/mol. The van der Waals surface area contributed by atoms with Crippen LogP contribution in [0, 0.1) is 0 Å². The number of aromatic hydroxyl groups is 2. The van der Waals surface area contributed by atoms with Crippen molar-refractivity contribution in [2.75, 3.05) is 19.8 Å². The van der Waals surface area contributed by atoms with Crippen LogP contribution < -0.4 is 10.2 Å². The van der Waals surface area contributed by atoms with Gasteiger partial charge in [-0.3, -0.25) is 4.79 Å². The predicted molar refractivity (Wildman–Crippen MR) is 159 cm³/mol. The van der Waals surface area contributed by atoms with Gasteiger partial charge in [-0.25, -0.2) is 0 Å². The van der Waals surface area contributed by atoms with Crippen molar-refractivity contribution in [3.8, 4) is 28.6 Å². The molecule has 6 rings (SSSR count). The summed E-state index contributed by atoms with van der Waals surface area (Å²) in [5.74, 6) is -1.94. The first-order chi connectivity index (χ1) is 23.3. The quantitative estimate of drug-likeness (QED) is 0.108. The minimum atomic E-state index is -2.02. The fraction of sp³-hybridized carbons (Fsp3) is 0.516. The molecule has 4 heterocycles. The van der Waals surface area contributed by atoms with Crippen LogP contribution >= 0.6 is 0 Å². The van der Waals surface area contributed by atoms with Gasteiger partial charge in [-0.15, -0.1) is 0 Å². The molecule has 1 aromatic heterocycles.